The molecule has 6 nitrogen and oxygen atoms in total. The highest BCUT2D eigenvalue weighted by Gasteiger charge is 2.31. The number of likely N-dealkylation sites (tertiary alicyclic amines) is 1. The van der Waals surface area contributed by atoms with Crippen LogP contribution in [0.15, 0.2) is 54.7 Å². The minimum absolute atomic E-state index is 0. The van der Waals surface area contributed by atoms with Crippen molar-refractivity contribution in [2.75, 3.05) is 25.1 Å². The Bertz CT molecular complexity index is 1040. The van der Waals surface area contributed by atoms with Crippen LogP contribution < -0.4 is 9.64 Å². The molecule has 1 fully saturated rings. The quantitative estimate of drug-likeness (QED) is 0.579. The number of rotatable bonds is 2. The molecular weight excluding hydrogens is 400 g/mol. The Morgan fingerprint density at radius 2 is 1.73 bits per heavy atom. The molecule has 2 aromatic carbocycles. The summed E-state index contributed by atoms with van der Waals surface area (Å²) < 4.78 is 7.41. The average molecular weight is 425 g/mol. The third-order valence-corrected chi connectivity index (χ3v) is 5.81. The Morgan fingerprint density at radius 3 is 2.47 bits per heavy atom. The van der Waals surface area contributed by atoms with Crippen molar-refractivity contribution >= 4 is 24.1 Å². The number of nitrogens with zero attached hydrogens (tertiary/aromatic N) is 4. The largest absolute Gasteiger partial charge is 0.497 e. The SMILES string of the molecule is COc1ccc(-c2ncc3n2CN(C(=O)N2CCCCC2)c2ccccc2-3)cc1.Cl. The number of benzene rings is 2. The fraction of sp³-hybridized carbons (Fsp3) is 0.304. The van der Waals surface area contributed by atoms with Crippen molar-refractivity contribution in [3.8, 4) is 28.4 Å². The Morgan fingerprint density at radius 1 is 1.00 bits per heavy atom. The van der Waals surface area contributed by atoms with E-state index in [1.807, 2.05) is 58.5 Å². The molecule has 3 heterocycles. The molecule has 0 N–H and O–H groups in total. The molecule has 3 aromatic rings. The lowest BCUT2D eigenvalue weighted by molar-refractivity contribution is 0.191. The minimum atomic E-state index is 0. The van der Waals surface area contributed by atoms with E-state index >= 15 is 0 Å². The van der Waals surface area contributed by atoms with Crippen molar-refractivity contribution in [1.29, 1.82) is 0 Å². The van der Waals surface area contributed by atoms with Gasteiger partial charge in [-0.3, -0.25) is 4.90 Å². The number of anilines is 1. The number of hydrogen-bond acceptors (Lipinski definition) is 3. The number of ether oxygens (including phenoxy) is 1. The number of methoxy groups -OCH3 is 1. The van der Waals surface area contributed by atoms with Crippen molar-refractivity contribution in [2.45, 2.75) is 25.9 Å². The number of carbonyl (C=O) groups is 1. The maximum atomic E-state index is 13.4. The molecule has 0 unspecified atom stereocenters. The van der Waals surface area contributed by atoms with Crippen LogP contribution in [0.3, 0.4) is 0 Å². The van der Waals surface area contributed by atoms with Crippen molar-refractivity contribution < 1.29 is 9.53 Å². The molecule has 5 rings (SSSR count). The number of piperidine rings is 1. The Kier molecular flexibility index (Phi) is 5.68. The molecule has 0 aliphatic carbocycles. The van der Waals surface area contributed by atoms with E-state index in [4.69, 9.17) is 9.72 Å². The van der Waals surface area contributed by atoms with Gasteiger partial charge < -0.3 is 14.2 Å². The van der Waals surface area contributed by atoms with Crippen LogP contribution in [-0.4, -0.2) is 40.7 Å². The molecule has 0 bridgehead atoms. The third kappa shape index (κ3) is 3.41. The zero-order valence-electron chi connectivity index (χ0n) is 17.0. The molecule has 0 radical (unpaired) electrons. The van der Waals surface area contributed by atoms with E-state index in [9.17, 15) is 4.79 Å². The summed E-state index contributed by atoms with van der Waals surface area (Å²) in [5.74, 6) is 1.67. The summed E-state index contributed by atoms with van der Waals surface area (Å²) in [4.78, 5) is 22.0. The van der Waals surface area contributed by atoms with E-state index in [2.05, 4.69) is 10.6 Å². The van der Waals surface area contributed by atoms with Crippen LogP contribution in [0.5, 0.6) is 5.75 Å². The first kappa shape index (κ1) is 20.3. The van der Waals surface area contributed by atoms with E-state index in [-0.39, 0.29) is 18.4 Å². The summed E-state index contributed by atoms with van der Waals surface area (Å²) in [6.45, 7) is 2.13. The van der Waals surface area contributed by atoms with Crippen molar-refractivity contribution in [3.63, 3.8) is 0 Å². The molecule has 0 atom stereocenters. The summed E-state index contributed by atoms with van der Waals surface area (Å²) in [6, 6.07) is 16.1. The van der Waals surface area contributed by atoms with Gasteiger partial charge >= 0.3 is 6.03 Å². The molecule has 2 amide bonds. The maximum absolute atomic E-state index is 13.4. The highest BCUT2D eigenvalue weighted by Crippen LogP contribution is 2.39. The summed E-state index contributed by atoms with van der Waals surface area (Å²) in [5.41, 5.74) is 4.03. The lowest BCUT2D eigenvalue weighted by atomic mass is 10.1. The van der Waals surface area contributed by atoms with Gasteiger partial charge in [-0.05, 0) is 49.6 Å². The minimum Gasteiger partial charge on any atom is -0.497 e. The van der Waals surface area contributed by atoms with Crippen LogP contribution in [0.1, 0.15) is 19.3 Å². The molecule has 0 spiro atoms. The summed E-state index contributed by atoms with van der Waals surface area (Å²) in [5, 5.41) is 0. The predicted octanol–water partition coefficient (Wildman–Crippen LogP) is 5.03. The zero-order chi connectivity index (χ0) is 19.8. The average Bonchev–Trinajstić information content (AvgIpc) is 3.23. The summed E-state index contributed by atoms with van der Waals surface area (Å²) in [7, 11) is 1.66. The number of amides is 2. The van der Waals surface area contributed by atoms with Gasteiger partial charge in [0.15, 0.2) is 0 Å². The fourth-order valence-corrected chi connectivity index (χ4v) is 4.27. The van der Waals surface area contributed by atoms with Gasteiger partial charge in [-0.1, -0.05) is 18.2 Å². The number of aromatic nitrogens is 2. The van der Waals surface area contributed by atoms with Crippen LogP contribution in [0.2, 0.25) is 0 Å². The second-order valence-corrected chi connectivity index (χ2v) is 7.54. The van der Waals surface area contributed by atoms with Gasteiger partial charge in [-0.15, -0.1) is 12.4 Å². The van der Waals surface area contributed by atoms with Crippen LogP contribution in [0, 0.1) is 0 Å². The van der Waals surface area contributed by atoms with Crippen LogP contribution >= 0.6 is 12.4 Å². The molecule has 0 saturated carbocycles. The van der Waals surface area contributed by atoms with Gasteiger partial charge in [0, 0.05) is 24.2 Å². The molecular formula is C23H25ClN4O2. The fourth-order valence-electron chi connectivity index (χ4n) is 4.27. The number of halogens is 1. The lowest BCUT2D eigenvalue weighted by Gasteiger charge is -2.36. The van der Waals surface area contributed by atoms with E-state index in [0.29, 0.717) is 6.67 Å². The van der Waals surface area contributed by atoms with Gasteiger partial charge in [-0.25, -0.2) is 9.78 Å². The first-order chi connectivity index (χ1) is 14.3. The third-order valence-electron chi connectivity index (χ3n) is 5.81. The highest BCUT2D eigenvalue weighted by molar-refractivity contribution is 5.97. The molecule has 2 aliphatic heterocycles. The van der Waals surface area contributed by atoms with Gasteiger partial charge in [0.05, 0.1) is 24.7 Å². The number of para-hydroxylation sites is 1. The predicted molar refractivity (Wildman–Crippen MR) is 120 cm³/mol. The van der Waals surface area contributed by atoms with Gasteiger partial charge in [0.1, 0.15) is 18.2 Å². The van der Waals surface area contributed by atoms with E-state index in [1.165, 1.54) is 6.42 Å². The Balaban J connectivity index is 0.00000218. The molecule has 1 saturated heterocycles. The number of carbonyl (C=O) groups excluding carboxylic acids is 1. The monoisotopic (exact) mass is 424 g/mol. The first-order valence-electron chi connectivity index (χ1n) is 10.1. The molecule has 30 heavy (non-hydrogen) atoms. The topological polar surface area (TPSA) is 50.6 Å². The second-order valence-electron chi connectivity index (χ2n) is 7.54. The van der Waals surface area contributed by atoms with Gasteiger partial charge in [-0.2, -0.15) is 0 Å². The smallest absolute Gasteiger partial charge is 0.326 e. The Labute approximate surface area is 182 Å². The van der Waals surface area contributed by atoms with Gasteiger partial charge in [0.2, 0.25) is 0 Å². The van der Waals surface area contributed by atoms with Crippen molar-refractivity contribution in [2.24, 2.45) is 0 Å². The number of fused-ring (bicyclic) bond motifs is 3. The molecule has 7 heteroatoms. The first-order valence-corrected chi connectivity index (χ1v) is 10.1. The standard InChI is InChI=1S/C23H24N4O2.ClH/c1-29-18-11-9-17(10-12-18)22-24-15-21-19-7-3-4-8-20(19)27(16-26(21)22)23(28)25-13-5-2-6-14-25;/h3-4,7-12,15H,2,5-6,13-14,16H2,1H3;1H. The number of hydrogen-bond donors (Lipinski definition) is 0. The lowest BCUT2D eigenvalue weighted by Crippen LogP contribution is -2.47. The highest BCUT2D eigenvalue weighted by atomic mass is 35.5. The summed E-state index contributed by atoms with van der Waals surface area (Å²) >= 11 is 0. The normalized spacial score (nSPS) is 15.1. The van der Waals surface area contributed by atoms with Gasteiger partial charge in [0.25, 0.3) is 0 Å². The van der Waals surface area contributed by atoms with Crippen LogP contribution in [-0.2, 0) is 6.67 Å². The molecule has 2 aliphatic rings. The van der Waals surface area contributed by atoms with E-state index in [0.717, 1.165) is 60.0 Å². The van der Waals surface area contributed by atoms with Crippen molar-refractivity contribution in [3.05, 3.63) is 54.7 Å². The maximum Gasteiger partial charge on any atom is 0.326 e. The number of imidazole rings is 1. The molecule has 156 valence electrons. The van der Waals surface area contributed by atoms with E-state index < -0.39 is 0 Å². The zero-order valence-corrected chi connectivity index (χ0v) is 17.8. The number of urea groups is 1. The molecule has 1 aromatic heterocycles. The summed E-state index contributed by atoms with van der Waals surface area (Å²) in [6.07, 6.45) is 5.26. The van der Waals surface area contributed by atoms with Crippen molar-refractivity contribution in [1.82, 2.24) is 14.5 Å². The van der Waals surface area contributed by atoms with Crippen LogP contribution in [0.25, 0.3) is 22.6 Å². The van der Waals surface area contributed by atoms with E-state index in [1.54, 1.807) is 7.11 Å². The Hall–Kier alpha value is -2.99. The second kappa shape index (κ2) is 8.40. The van der Waals surface area contributed by atoms with Crippen LogP contribution in [0.4, 0.5) is 10.5 Å².